The molecule has 1 saturated heterocycles. The van der Waals surface area contributed by atoms with E-state index >= 15 is 0 Å². The smallest absolute Gasteiger partial charge is 0.320 e. The average Bonchev–Trinajstić information content (AvgIpc) is 2.83. The molecule has 0 aromatic carbocycles. The second kappa shape index (κ2) is 5.14. The summed E-state index contributed by atoms with van der Waals surface area (Å²) in [6, 6.07) is 2.96. The van der Waals surface area contributed by atoms with Crippen LogP contribution in [0.5, 0.6) is 0 Å². The van der Waals surface area contributed by atoms with Crippen LogP contribution in [0.25, 0.3) is 0 Å². The fraction of sp³-hybridized carbons (Fsp3) is 0.500. The molecule has 1 aromatic rings. The number of carbonyl (C=O) groups is 2. The van der Waals surface area contributed by atoms with E-state index in [2.05, 4.69) is 4.98 Å². The maximum atomic E-state index is 11.9. The van der Waals surface area contributed by atoms with E-state index in [9.17, 15) is 9.59 Å². The van der Waals surface area contributed by atoms with Crippen LogP contribution in [0, 0.1) is 0 Å². The lowest BCUT2D eigenvalue weighted by Crippen LogP contribution is -2.46. The molecular formula is C12H16N2O3. The van der Waals surface area contributed by atoms with Crippen LogP contribution in [-0.2, 0) is 4.79 Å². The number of Topliss-reactive ketones (excluding diaryl/α,β-unsaturated/α-hetero) is 1. The van der Waals surface area contributed by atoms with Gasteiger partial charge < -0.3 is 10.1 Å². The van der Waals surface area contributed by atoms with Crippen LogP contribution in [0.3, 0.4) is 0 Å². The number of aromatic amines is 1. The summed E-state index contributed by atoms with van der Waals surface area (Å²) in [5.41, 5.74) is 0.541. The third-order valence-corrected chi connectivity index (χ3v) is 3.14. The Morgan fingerprint density at radius 3 is 2.94 bits per heavy atom. The molecule has 0 radical (unpaired) electrons. The first-order valence-corrected chi connectivity index (χ1v) is 5.82. The minimum absolute atomic E-state index is 0.0526. The molecule has 1 atom stereocenters. The molecule has 17 heavy (non-hydrogen) atoms. The van der Waals surface area contributed by atoms with Gasteiger partial charge in [-0.25, -0.2) is 0 Å². The van der Waals surface area contributed by atoms with Crippen LogP contribution in [0.2, 0.25) is 0 Å². The maximum Gasteiger partial charge on any atom is 0.320 e. The van der Waals surface area contributed by atoms with Crippen molar-refractivity contribution < 1.29 is 14.7 Å². The molecule has 1 aliphatic heterocycles. The molecule has 2 heterocycles. The van der Waals surface area contributed by atoms with Crippen molar-refractivity contribution in [1.82, 2.24) is 9.88 Å². The normalized spacial score (nSPS) is 21.3. The summed E-state index contributed by atoms with van der Waals surface area (Å²) in [4.78, 5) is 27.6. The molecule has 1 fully saturated rings. The third-order valence-electron chi connectivity index (χ3n) is 3.14. The monoisotopic (exact) mass is 236 g/mol. The van der Waals surface area contributed by atoms with Gasteiger partial charge in [-0.2, -0.15) is 0 Å². The fourth-order valence-electron chi connectivity index (χ4n) is 2.23. The van der Waals surface area contributed by atoms with E-state index in [-0.39, 0.29) is 12.3 Å². The van der Waals surface area contributed by atoms with Crippen LogP contribution < -0.4 is 0 Å². The predicted octanol–water partition coefficient (Wildman–Crippen LogP) is 1.14. The summed E-state index contributed by atoms with van der Waals surface area (Å²) in [5.74, 6) is -0.882. The number of H-pyrrole nitrogens is 1. The van der Waals surface area contributed by atoms with Gasteiger partial charge in [0.2, 0.25) is 0 Å². The number of aliphatic carboxylic acids is 1. The molecule has 0 bridgehead atoms. The molecule has 5 heteroatoms. The highest BCUT2D eigenvalue weighted by Crippen LogP contribution is 2.17. The minimum Gasteiger partial charge on any atom is -0.480 e. The molecule has 0 amide bonds. The van der Waals surface area contributed by atoms with Crippen LogP contribution in [-0.4, -0.2) is 45.9 Å². The van der Waals surface area contributed by atoms with Gasteiger partial charge in [0, 0.05) is 6.20 Å². The number of hydrogen-bond acceptors (Lipinski definition) is 3. The SMILES string of the molecule is O=C(CN1CCCC[C@H]1C(=O)O)c1ccc[nH]1. The van der Waals surface area contributed by atoms with Gasteiger partial charge in [-0.1, -0.05) is 6.42 Å². The van der Waals surface area contributed by atoms with Gasteiger partial charge in [-0.3, -0.25) is 14.5 Å². The van der Waals surface area contributed by atoms with Crippen LogP contribution in [0.15, 0.2) is 18.3 Å². The van der Waals surface area contributed by atoms with E-state index < -0.39 is 12.0 Å². The lowest BCUT2D eigenvalue weighted by atomic mass is 10.0. The zero-order chi connectivity index (χ0) is 12.3. The standard InChI is InChI=1S/C12H16N2O3/c15-11(9-4-3-6-13-9)8-14-7-2-1-5-10(14)12(16)17/h3-4,6,10,13H,1-2,5,7-8H2,(H,16,17)/t10-/m0/s1. The van der Waals surface area contributed by atoms with E-state index in [4.69, 9.17) is 5.11 Å². The van der Waals surface area contributed by atoms with Crippen molar-refractivity contribution >= 4 is 11.8 Å². The molecule has 0 spiro atoms. The molecule has 0 saturated carbocycles. The fourth-order valence-corrected chi connectivity index (χ4v) is 2.23. The lowest BCUT2D eigenvalue weighted by molar-refractivity contribution is -0.144. The number of carboxylic acid groups (broad SMARTS) is 1. The zero-order valence-corrected chi connectivity index (χ0v) is 9.56. The van der Waals surface area contributed by atoms with Crippen molar-refractivity contribution in [3.05, 3.63) is 24.0 Å². The van der Waals surface area contributed by atoms with E-state index in [1.165, 1.54) is 0 Å². The molecule has 5 nitrogen and oxygen atoms in total. The van der Waals surface area contributed by atoms with Crippen molar-refractivity contribution in [3.63, 3.8) is 0 Å². The number of likely N-dealkylation sites (tertiary alicyclic amines) is 1. The maximum absolute atomic E-state index is 11.9. The van der Waals surface area contributed by atoms with Crippen molar-refractivity contribution in [2.75, 3.05) is 13.1 Å². The highest BCUT2D eigenvalue weighted by Gasteiger charge is 2.29. The van der Waals surface area contributed by atoms with Crippen molar-refractivity contribution in [1.29, 1.82) is 0 Å². The van der Waals surface area contributed by atoms with Gasteiger partial charge in [0.05, 0.1) is 12.2 Å². The number of rotatable bonds is 4. The van der Waals surface area contributed by atoms with E-state index in [0.717, 1.165) is 12.8 Å². The number of piperidine rings is 1. The molecule has 1 aliphatic rings. The zero-order valence-electron chi connectivity index (χ0n) is 9.56. The number of nitrogens with zero attached hydrogens (tertiary/aromatic N) is 1. The molecular weight excluding hydrogens is 220 g/mol. The van der Waals surface area contributed by atoms with Crippen molar-refractivity contribution in [3.8, 4) is 0 Å². The van der Waals surface area contributed by atoms with Crippen molar-refractivity contribution in [2.45, 2.75) is 25.3 Å². The average molecular weight is 236 g/mol. The first kappa shape index (κ1) is 11.9. The highest BCUT2D eigenvalue weighted by atomic mass is 16.4. The van der Waals surface area contributed by atoms with E-state index in [1.807, 2.05) is 0 Å². The Balaban J connectivity index is 2.01. The summed E-state index contributed by atoms with van der Waals surface area (Å²) >= 11 is 0. The van der Waals surface area contributed by atoms with Gasteiger partial charge in [0.1, 0.15) is 6.04 Å². The molecule has 0 aliphatic carbocycles. The Labute approximate surface area is 99.4 Å². The topological polar surface area (TPSA) is 73.4 Å². The lowest BCUT2D eigenvalue weighted by Gasteiger charge is -2.31. The molecule has 2 N–H and O–H groups in total. The highest BCUT2D eigenvalue weighted by molar-refractivity contribution is 5.96. The molecule has 2 rings (SSSR count). The minimum atomic E-state index is -0.830. The van der Waals surface area contributed by atoms with Gasteiger partial charge in [0.25, 0.3) is 0 Å². The van der Waals surface area contributed by atoms with Gasteiger partial charge >= 0.3 is 5.97 Å². The first-order valence-electron chi connectivity index (χ1n) is 5.82. The molecule has 0 unspecified atom stereocenters. The Kier molecular flexibility index (Phi) is 3.58. The van der Waals surface area contributed by atoms with Gasteiger partial charge in [-0.15, -0.1) is 0 Å². The number of nitrogens with one attached hydrogen (secondary N) is 1. The van der Waals surface area contributed by atoms with Crippen molar-refractivity contribution in [2.24, 2.45) is 0 Å². The Hall–Kier alpha value is -1.62. The molecule has 92 valence electrons. The summed E-state index contributed by atoms with van der Waals surface area (Å²) in [7, 11) is 0. The number of carboxylic acids is 1. The number of aromatic nitrogens is 1. The summed E-state index contributed by atoms with van der Waals surface area (Å²) in [6.45, 7) is 0.862. The van der Waals surface area contributed by atoms with Gasteiger partial charge in [0.15, 0.2) is 5.78 Å². The first-order chi connectivity index (χ1) is 8.18. The largest absolute Gasteiger partial charge is 0.480 e. The molecule has 1 aromatic heterocycles. The van der Waals surface area contributed by atoms with Crippen LogP contribution in [0.1, 0.15) is 29.8 Å². The number of hydrogen-bond donors (Lipinski definition) is 2. The Bertz CT molecular complexity index is 400. The Morgan fingerprint density at radius 1 is 1.47 bits per heavy atom. The van der Waals surface area contributed by atoms with E-state index in [1.54, 1.807) is 23.2 Å². The number of ketones is 1. The van der Waals surface area contributed by atoms with Crippen LogP contribution in [0.4, 0.5) is 0 Å². The predicted molar refractivity (Wildman–Crippen MR) is 62.0 cm³/mol. The van der Waals surface area contributed by atoms with Gasteiger partial charge in [-0.05, 0) is 31.5 Å². The third kappa shape index (κ3) is 2.74. The number of carbonyl (C=O) groups excluding carboxylic acids is 1. The second-order valence-electron chi connectivity index (χ2n) is 4.33. The van der Waals surface area contributed by atoms with E-state index in [0.29, 0.717) is 18.7 Å². The Morgan fingerprint density at radius 2 is 2.29 bits per heavy atom. The second-order valence-corrected chi connectivity index (χ2v) is 4.33. The summed E-state index contributed by atoms with van der Waals surface area (Å²) in [5, 5.41) is 9.09. The quantitative estimate of drug-likeness (QED) is 0.769. The van der Waals surface area contributed by atoms with Crippen LogP contribution >= 0.6 is 0 Å². The summed E-state index contributed by atoms with van der Waals surface area (Å²) in [6.07, 6.45) is 4.21. The summed E-state index contributed by atoms with van der Waals surface area (Å²) < 4.78 is 0.